The molecule has 1 N–H and O–H groups in total. The summed E-state index contributed by atoms with van der Waals surface area (Å²) in [5.41, 5.74) is 1.65. The molecule has 0 heterocycles. The zero-order chi connectivity index (χ0) is 15.5. The van der Waals surface area contributed by atoms with Crippen molar-refractivity contribution in [2.75, 3.05) is 32.6 Å². The summed E-state index contributed by atoms with van der Waals surface area (Å²) in [5.74, 6) is 1.62. The van der Waals surface area contributed by atoms with E-state index in [4.69, 9.17) is 4.74 Å². The quantitative estimate of drug-likeness (QED) is 0.897. The lowest BCUT2D eigenvalue weighted by atomic mass is 9.68. The van der Waals surface area contributed by atoms with Crippen LogP contribution in [0.4, 0.5) is 5.69 Å². The fourth-order valence-corrected chi connectivity index (χ4v) is 3.90. The number of nitrogens with zero attached hydrogens (tertiary/aromatic N) is 1. The maximum Gasteiger partial charge on any atom is 0.119 e. The Labute approximate surface area is 129 Å². The first-order valence-corrected chi connectivity index (χ1v) is 8.00. The van der Waals surface area contributed by atoms with Gasteiger partial charge in [-0.1, -0.05) is 20.3 Å². The molecule has 1 aliphatic rings. The topological polar surface area (TPSA) is 24.5 Å². The smallest absolute Gasteiger partial charge is 0.119 e. The molecule has 0 amide bonds. The predicted molar refractivity (Wildman–Crippen MR) is 90.2 cm³/mol. The first-order chi connectivity index (χ1) is 9.97. The van der Waals surface area contributed by atoms with Crippen LogP contribution in [0.15, 0.2) is 24.3 Å². The van der Waals surface area contributed by atoms with Gasteiger partial charge in [-0.05, 0) is 55.5 Å². The second kappa shape index (κ2) is 6.69. The third-order valence-corrected chi connectivity index (χ3v) is 5.04. The maximum absolute atomic E-state index is 5.23. The molecule has 1 fully saturated rings. The van der Waals surface area contributed by atoms with Gasteiger partial charge in [0.1, 0.15) is 5.75 Å². The predicted octanol–water partition coefficient (Wildman–Crippen LogP) is 3.55. The minimum absolute atomic E-state index is 0.387. The van der Waals surface area contributed by atoms with E-state index >= 15 is 0 Å². The first-order valence-electron chi connectivity index (χ1n) is 8.00. The molecule has 0 radical (unpaired) electrons. The highest BCUT2D eigenvalue weighted by Crippen LogP contribution is 2.39. The molecule has 1 aromatic rings. The number of hydrogen-bond acceptors (Lipinski definition) is 3. The summed E-state index contributed by atoms with van der Waals surface area (Å²) < 4.78 is 5.23. The molecule has 1 aliphatic carbocycles. The van der Waals surface area contributed by atoms with E-state index in [2.05, 4.69) is 50.3 Å². The number of benzene rings is 1. The summed E-state index contributed by atoms with van der Waals surface area (Å²) >= 11 is 0. The molecule has 3 nitrogen and oxygen atoms in total. The van der Waals surface area contributed by atoms with Crippen molar-refractivity contribution in [1.82, 2.24) is 5.32 Å². The summed E-state index contributed by atoms with van der Waals surface area (Å²) in [5, 5.41) is 3.57. The molecule has 0 aliphatic heterocycles. The lowest BCUT2D eigenvalue weighted by molar-refractivity contribution is 0.118. The number of anilines is 1. The van der Waals surface area contributed by atoms with Gasteiger partial charge in [0.25, 0.3) is 0 Å². The number of rotatable bonds is 5. The van der Waals surface area contributed by atoms with E-state index < -0.39 is 0 Å². The van der Waals surface area contributed by atoms with Crippen LogP contribution in [-0.2, 0) is 0 Å². The van der Waals surface area contributed by atoms with Crippen molar-refractivity contribution in [2.45, 2.75) is 39.2 Å². The fourth-order valence-electron chi connectivity index (χ4n) is 3.90. The Morgan fingerprint density at radius 1 is 1.29 bits per heavy atom. The van der Waals surface area contributed by atoms with E-state index in [0.29, 0.717) is 17.4 Å². The van der Waals surface area contributed by atoms with Crippen molar-refractivity contribution < 1.29 is 4.74 Å². The van der Waals surface area contributed by atoms with E-state index in [-0.39, 0.29) is 0 Å². The summed E-state index contributed by atoms with van der Waals surface area (Å²) in [4.78, 5) is 2.37. The summed E-state index contributed by atoms with van der Waals surface area (Å²) in [6, 6.07) is 8.94. The van der Waals surface area contributed by atoms with E-state index in [1.807, 2.05) is 12.1 Å². The van der Waals surface area contributed by atoms with Crippen molar-refractivity contribution in [3.05, 3.63) is 24.3 Å². The maximum atomic E-state index is 5.23. The van der Waals surface area contributed by atoms with Crippen molar-refractivity contribution in [3.8, 4) is 5.75 Å². The molecule has 21 heavy (non-hydrogen) atoms. The summed E-state index contributed by atoms with van der Waals surface area (Å²) in [7, 11) is 6.01. The zero-order valence-electron chi connectivity index (χ0n) is 14.1. The van der Waals surface area contributed by atoms with Crippen molar-refractivity contribution in [2.24, 2.45) is 11.3 Å². The van der Waals surface area contributed by atoms with Gasteiger partial charge in [-0.25, -0.2) is 0 Å². The number of nitrogens with one attached hydrogen (secondary N) is 1. The third kappa shape index (κ3) is 3.70. The standard InChI is InChI=1S/C18H30N2O/c1-18(2)12-6-7-14(17(18)19-3)13-20(4)15-8-10-16(21-5)11-9-15/h8-11,14,17,19H,6-7,12-13H2,1-5H3. The molecule has 0 saturated heterocycles. The van der Waals surface area contributed by atoms with Gasteiger partial charge in [0.15, 0.2) is 0 Å². The number of methoxy groups -OCH3 is 1. The minimum atomic E-state index is 0.387. The van der Waals surface area contributed by atoms with Gasteiger partial charge < -0.3 is 15.0 Å². The molecule has 2 atom stereocenters. The zero-order valence-corrected chi connectivity index (χ0v) is 14.1. The van der Waals surface area contributed by atoms with Gasteiger partial charge in [0.2, 0.25) is 0 Å². The normalized spacial score (nSPS) is 24.6. The van der Waals surface area contributed by atoms with Crippen LogP contribution in [0.25, 0.3) is 0 Å². The molecule has 3 heteroatoms. The Balaban J connectivity index is 2.04. The Hall–Kier alpha value is -1.22. The third-order valence-electron chi connectivity index (χ3n) is 5.04. The van der Waals surface area contributed by atoms with Gasteiger partial charge in [0.05, 0.1) is 7.11 Å². The second-order valence-corrected chi connectivity index (χ2v) is 6.99. The minimum Gasteiger partial charge on any atom is -0.497 e. The molecular weight excluding hydrogens is 260 g/mol. The Kier molecular flexibility index (Phi) is 5.15. The van der Waals surface area contributed by atoms with Crippen LogP contribution < -0.4 is 15.0 Å². The molecule has 0 spiro atoms. The van der Waals surface area contributed by atoms with Crippen molar-refractivity contribution in [1.29, 1.82) is 0 Å². The van der Waals surface area contributed by atoms with Crippen LogP contribution in [0.5, 0.6) is 5.75 Å². The van der Waals surface area contributed by atoms with Crippen LogP contribution in [0.2, 0.25) is 0 Å². The van der Waals surface area contributed by atoms with E-state index in [9.17, 15) is 0 Å². The second-order valence-electron chi connectivity index (χ2n) is 6.99. The van der Waals surface area contributed by atoms with Crippen molar-refractivity contribution in [3.63, 3.8) is 0 Å². The number of ether oxygens (including phenoxy) is 1. The largest absolute Gasteiger partial charge is 0.497 e. The molecular formula is C18H30N2O. The van der Waals surface area contributed by atoms with E-state index in [1.165, 1.54) is 24.9 Å². The highest BCUT2D eigenvalue weighted by Gasteiger charge is 2.38. The van der Waals surface area contributed by atoms with Crippen LogP contribution in [-0.4, -0.2) is 33.8 Å². The highest BCUT2D eigenvalue weighted by molar-refractivity contribution is 5.48. The van der Waals surface area contributed by atoms with E-state index in [1.54, 1.807) is 7.11 Å². The van der Waals surface area contributed by atoms with Gasteiger partial charge in [-0.15, -0.1) is 0 Å². The van der Waals surface area contributed by atoms with Gasteiger partial charge >= 0.3 is 0 Å². The SMILES string of the molecule is CNC1C(CN(C)c2ccc(OC)cc2)CCCC1(C)C. The molecule has 0 bridgehead atoms. The van der Waals surface area contributed by atoms with Crippen LogP contribution in [0.1, 0.15) is 33.1 Å². The summed E-state index contributed by atoms with van der Waals surface area (Å²) in [6.07, 6.45) is 3.98. The van der Waals surface area contributed by atoms with Crippen LogP contribution in [0, 0.1) is 11.3 Å². The van der Waals surface area contributed by atoms with E-state index in [0.717, 1.165) is 12.3 Å². The Bertz CT molecular complexity index is 441. The molecule has 1 saturated carbocycles. The summed E-state index contributed by atoms with van der Waals surface area (Å²) in [6.45, 7) is 5.89. The molecule has 0 aromatic heterocycles. The highest BCUT2D eigenvalue weighted by atomic mass is 16.5. The van der Waals surface area contributed by atoms with Gasteiger partial charge in [-0.2, -0.15) is 0 Å². The molecule has 118 valence electrons. The average Bonchev–Trinajstić information content (AvgIpc) is 2.46. The lowest BCUT2D eigenvalue weighted by Gasteiger charge is -2.45. The van der Waals surface area contributed by atoms with Gasteiger partial charge in [-0.3, -0.25) is 0 Å². The monoisotopic (exact) mass is 290 g/mol. The van der Waals surface area contributed by atoms with Crippen LogP contribution >= 0.6 is 0 Å². The first kappa shape index (κ1) is 16.2. The molecule has 2 unspecified atom stereocenters. The van der Waals surface area contributed by atoms with Crippen molar-refractivity contribution >= 4 is 5.69 Å². The Morgan fingerprint density at radius 3 is 2.52 bits per heavy atom. The van der Waals surface area contributed by atoms with Crippen LogP contribution in [0.3, 0.4) is 0 Å². The lowest BCUT2D eigenvalue weighted by Crippen LogP contribution is -2.51. The van der Waals surface area contributed by atoms with Gasteiger partial charge in [0, 0.05) is 25.3 Å². The molecule has 1 aromatic carbocycles. The number of hydrogen-bond donors (Lipinski definition) is 1. The average molecular weight is 290 g/mol. The fraction of sp³-hybridized carbons (Fsp3) is 0.667. The Morgan fingerprint density at radius 2 is 1.95 bits per heavy atom. The molecule has 2 rings (SSSR count).